The van der Waals surface area contributed by atoms with Gasteiger partial charge in [0, 0.05) is 19.0 Å². The molecule has 0 bridgehead atoms. The van der Waals surface area contributed by atoms with Crippen molar-refractivity contribution in [3.63, 3.8) is 0 Å². The molecular formula is C15H29N3O. The molecule has 2 heterocycles. The molecule has 0 aromatic carbocycles. The van der Waals surface area contributed by atoms with Gasteiger partial charge in [-0.25, -0.2) is 0 Å². The summed E-state index contributed by atoms with van der Waals surface area (Å²) in [4.78, 5) is 14.5. The average Bonchev–Trinajstić information content (AvgIpc) is 2.44. The summed E-state index contributed by atoms with van der Waals surface area (Å²) in [5.41, 5.74) is 0. The van der Waals surface area contributed by atoms with Gasteiger partial charge < -0.3 is 15.5 Å². The van der Waals surface area contributed by atoms with Gasteiger partial charge in [0.1, 0.15) is 0 Å². The van der Waals surface area contributed by atoms with Gasteiger partial charge in [-0.2, -0.15) is 0 Å². The fraction of sp³-hybridized carbons (Fsp3) is 0.933. The van der Waals surface area contributed by atoms with Crippen LogP contribution in [0.3, 0.4) is 0 Å². The molecule has 110 valence electrons. The van der Waals surface area contributed by atoms with Crippen molar-refractivity contribution in [3.05, 3.63) is 0 Å². The zero-order valence-corrected chi connectivity index (χ0v) is 12.3. The zero-order valence-electron chi connectivity index (χ0n) is 12.3. The van der Waals surface area contributed by atoms with E-state index in [1.54, 1.807) is 0 Å². The Morgan fingerprint density at radius 3 is 2.84 bits per heavy atom. The van der Waals surface area contributed by atoms with Gasteiger partial charge in [-0.1, -0.05) is 6.92 Å². The minimum atomic E-state index is 0.247. The molecule has 2 aliphatic heterocycles. The van der Waals surface area contributed by atoms with Crippen LogP contribution in [0.2, 0.25) is 0 Å². The molecule has 0 aliphatic carbocycles. The number of rotatable bonds is 5. The Bertz CT molecular complexity index is 277. The number of hydrogen-bond acceptors (Lipinski definition) is 3. The first-order valence-corrected chi connectivity index (χ1v) is 7.96. The second-order valence-electron chi connectivity index (χ2n) is 6.22. The molecule has 2 rings (SSSR count). The van der Waals surface area contributed by atoms with Gasteiger partial charge >= 0.3 is 0 Å². The number of carbonyl (C=O) groups excluding carboxylic acids is 1. The molecule has 0 radical (unpaired) electrons. The normalized spacial score (nSPS) is 26.3. The molecule has 1 unspecified atom stereocenters. The van der Waals surface area contributed by atoms with E-state index in [0.717, 1.165) is 51.4 Å². The predicted octanol–water partition coefficient (Wildman–Crippen LogP) is 1.22. The number of hydrogen-bond donors (Lipinski definition) is 2. The third-order valence-corrected chi connectivity index (χ3v) is 4.40. The summed E-state index contributed by atoms with van der Waals surface area (Å²) >= 11 is 0. The van der Waals surface area contributed by atoms with Gasteiger partial charge in [-0.15, -0.1) is 0 Å². The van der Waals surface area contributed by atoms with Crippen LogP contribution < -0.4 is 10.6 Å². The van der Waals surface area contributed by atoms with Crippen LogP contribution in [-0.4, -0.2) is 50.1 Å². The number of carbonyl (C=O) groups is 1. The van der Waals surface area contributed by atoms with Gasteiger partial charge in [-0.05, 0) is 64.2 Å². The lowest BCUT2D eigenvalue weighted by atomic mass is 9.97. The third-order valence-electron chi connectivity index (χ3n) is 4.40. The first-order valence-electron chi connectivity index (χ1n) is 7.96. The molecule has 1 amide bonds. The maximum Gasteiger partial charge on any atom is 0.223 e. The Morgan fingerprint density at radius 2 is 2.11 bits per heavy atom. The van der Waals surface area contributed by atoms with Gasteiger partial charge in [0.05, 0.1) is 0 Å². The van der Waals surface area contributed by atoms with Crippen molar-refractivity contribution in [1.29, 1.82) is 0 Å². The second kappa shape index (κ2) is 7.85. The highest BCUT2D eigenvalue weighted by Gasteiger charge is 2.20. The van der Waals surface area contributed by atoms with Crippen LogP contribution in [0, 0.1) is 11.8 Å². The van der Waals surface area contributed by atoms with Crippen LogP contribution in [0.4, 0.5) is 0 Å². The van der Waals surface area contributed by atoms with E-state index < -0.39 is 0 Å². The van der Waals surface area contributed by atoms with E-state index in [9.17, 15) is 4.79 Å². The van der Waals surface area contributed by atoms with E-state index >= 15 is 0 Å². The summed E-state index contributed by atoms with van der Waals surface area (Å²) in [5.74, 6) is 1.36. The Balaban J connectivity index is 1.54. The van der Waals surface area contributed by atoms with Crippen LogP contribution in [0.25, 0.3) is 0 Å². The SMILES string of the molecule is CC1CCCN(CCCNC(=O)C2CCNCC2)C1. The maximum atomic E-state index is 11.9. The van der Waals surface area contributed by atoms with E-state index in [-0.39, 0.29) is 11.8 Å². The van der Waals surface area contributed by atoms with Crippen LogP contribution >= 0.6 is 0 Å². The van der Waals surface area contributed by atoms with Crippen molar-refractivity contribution in [1.82, 2.24) is 15.5 Å². The van der Waals surface area contributed by atoms with Crippen molar-refractivity contribution in [2.75, 3.05) is 39.3 Å². The topological polar surface area (TPSA) is 44.4 Å². The average molecular weight is 267 g/mol. The van der Waals surface area contributed by atoms with E-state index in [4.69, 9.17) is 0 Å². The third kappa shape index (κ3) is 5.11. The number of nitrogens with one attached hydrogen (secondary N) is 2. The quantitative estimate of drug-likeness (QED) is 0.736. The van der Waals surface area contributed by atoms with Gasteiger partial charge in [0.2, 0.25) is 5.91 Å². The zero-order chi connectivity index (χ0) is 13.5. The number of nitrogens with zero attached hydrogens (tertiary/aromatic N) is 1. The number of likely N-dealkylation sites (tertiary alicyclic amines) is 1. The first kappa shape index (κ1) is 14.8. The highest BCUT2D eigenvalue weighted by Crippen LogP contribution is 2.15. The molecule has 0 aromatic rings. The predicted molar refractivity (Wildman–Crippen MR) is 78.1 cm³/mol. The largest absolute Gasteiger partial charge is 0.356 e. The molecule has 2 fully saturated rings. The molecule has 2 aliphatic rings. The van der Waals surface area contributed by atoms with E-state index in [1.165, 1.54) is 25.9 Å². The molecular weight excluding hydrogens is 238 g/mol. The van der Waals surface area contributed by atoms with Gasteiger partial charge in [0.25, 0.3) is 0 Å². The van der Waals surface area contributed by atoms with Gasteiger partial charge in [-0.3, -0.25) is 4.79 Å². The molecule has 0 spiro atoms. The minimum absolute atomic E-state index is 0.247. The lowest BCUT2D eigenvalue weighted by molar-refractivity contribution is -0.125. The highest BCUT2D eigenvalue weighted by atomic mass is 16.1. The van der Waals surface area contributed by atoms with Crippen LogP contribution in [0.1, 0.15) is 39.0 Å². The van der Waals surface area contributed by atoms with E-state index in [1.807, 2.05) is 0 Å². The Morgan fingerprint density at radius 1 is 1.32 bits per heavy atom. The molecule has 0 saturated carbocycles. The minimum Gasteiger partial charge on any atom is -0.356 e. The molecule has 0 aromatic heterocycles. The van der Waals surface area contributed by atoms with Crippen LogP contribution in [0.5, 0.6) is 0 Å². The van der Waals surface area contributed by atoms with Crippen molar-refractivity contribution < 1.29 is 4.79 Å². The Kier molecular flexibility index (Phi) is 6.11. The summed E-state index contributed by atoms with van der Waals surface area (Å²) in [7, 11) is 0. The van der Waals surface area contributed by atoms with Crippen LogP contribution in [-0.2, 0) is 4.79 Å². The number of amides is 1. The fourth-order valence-corrected chi connectivity index (χ4v) is 3.23. The van der Waals surface area contributed by atoms with Crippen molar-refractivity contribution in [3.8, 4) is 0 Å². The highest BCUT2D eigenvalue weighted by molar-refractivity contribution is 5.78. The van der Waals surface area contributed by atoms with E-state index in [0.29, 0.717) is 0 Å². The van der Waals surface area contributed by atoms with Crippen molar-refractivity contribution in [2.45, 2.75) is 39.0 Å². The molecule has 19 heavy (non-hydrogen) atoms. The fourth-order valence-electron chi connectivity index (χ4n) is 3.23. The summed E-state index contributed by atoms with van der Waals surface area (Å²) < 4.78 is 0. The lowest BCUT2D eigenvalue weighted by Gasteiger charge is -2.30. The summed E-state index contributed by atoms with van der Waals surface area (Å²) in [5, 5.41) is 6.41. The second-order valence-corrected chi connectivity index (χ2v) is 6.22. The molecule has 4 nitrogen and oxygen atoms in total. The monoisotopic (exact) mass is 267 g/mol. The lowest BCUT2D eigenvalue weighted by Crippen LogP contribution is -2.40. The summed E-state index contributed by atoms with van der Waals surface area (Å²) in [6, 6.07) is 0. The molecule has 1 atom stereocenters. The molecule has 2 saturated heterocycles. The Hall–Kier alpha value is -0.610. The molecule has 4 heteroatoms. The van der Waals surface area contributed by atoms with Crippen molar-refractivity contribution >= 4 is 5.91 Å². The Labute approximate surface area is 117 Å². The van der Waals surface area contributed by atoms with Crippen molar-refractivity contribution in [2.24, 2.45) is 11.8 Å². The number of piperidine rings is 2. The standard InChI is InChI=1S/C15H29N3O/c1-13-4-2-10-18(12-13)11-3-7-17-15(19)14-5-8-16-9-6-14/h13-14,16H,2-12H2,1H3,(H,17,19). The van der Waals surface area contributed by atoms with Crippen LogP contribution in [0.15, 0.2) is 0 Å². The summed E-state index contributed by atoms with van der Waals surface area (Å²) in [6.45, 7) is 8.78. The van der Waals surface area contributed by atoms with Gasteiger partial charge in [0.15, 0.2) is 0 Å². The van der Waals surface area contributed by atoms with E-state index in [2.05, 4.69) is 22.5 Å². The summed E-state index contributed by atoms with van der Waals surface area (Å²) in [6.07, 6.45) is 5.79. The maximum absolute atomic E-state index is 11.9. The smallest absolute Gasteiger partial charge is 0.223 e. The molecule has 2 N–H and O–H groups in total. The first-order chi connectivity index (χ1) is 9.25.